The summed E-state index contributed by atoms with van der Waals surface area (Å²) in [7, 11) is 0. The smallest absolute Gasteiger partial charge is 0.248 e. The molecule has 2 aliphatic heterocycles. The molecule has 0 radical (unpaired) electrons. The van der Waals surface area contributed by atoms with E-state index in [9.17, 15) is 0 Å². The summed E-state index contributed by atoms with van der Waals surface area (Å²) in [5.41, 5.74) is 8.87. The number of ether oxygens (including phenoxy) is 3. The Kier molecular flexibility index (Phi) is 5.23. The van der Waals surface area contributed by atoms with Crippen molar-refractivity contribution in [3.8, 4) is 23.1 Å². The quantitative estimate of drug-likeness (QED) is 0.484. The van der Waals surface area contributed by atoms with E-state index in [0.29, 0.717) is 29.9 Å². The number of benzene rings is 2. The molecule has 0 aliphatic carbocycles. The largest absolute Gasteiger partial charge is 0.454 e. The first-order chi connectivity index (χ1) is 16.7. The second kappa shape index (κ2) is 8.68. The van der Waals surface area contributed by atoms with Crippen molar-refractivity contribution in [2.75, 3.05) is 43.6 Å². The Morgan fingerprint density at radius 1 is 0.912 bits per heavy atom. The molecule has 6 rings (SSSR count). The van der Waals surface area contributed by atoms with Crippen LogP contribution in [0.2, 0.25) is 0 Å². The van der Waals surface area contributed by atoms with Crippen LogP contribution in [0.25, 0.3) is 10.9 Å². The van der Waals surface area contributed by atoms with Crippen LogP contribution in [0.15, 0.2) is 61.1 Å². The molecular weight excluding hydrogens is 432 g/mol. The summed E-state index contributed by atoms with van der Waals surface area (Å²) in [6, 6.07) is 15.8. The van der Waals surface area contributed by atoms with Crippen molar-refractivity contribution in [2.24, 2.45) is 0 Å². The summed E-state index contributed by atoms with van der Waals surface area (Å²) in [6.07, 6.45) is 3.24. The molecule has 0 spiro atoms. The van der Waals surface area contributed by atoms with Crippen LogP contribution in [-0.2, 0) is 6.54 Å². The number of pyridine rings is 1. The van der Waals surface area contributed by atoms with E-state index in [1.165, 1.54) is 11.9 Å². The van der Waals surface area contributed by atoms with Gasteiger partial charge in [0.1, 0.15) is 17.5 Å². The average Bonchev–Trinajstić information content (AvgIpc) is 3.34. The molecule has 2 aliphatic rings. The molecule has 4 heterocycles. The maximum atomic E-state index is 6.46. The molecule has 4 aromatic rings. The summed E-state index contributed by atoms with van der Waals surface area (Å²) in [5, 5.41) is 0.992. The lowest BCUT2D eigenvalue weighted by molar-refractivity contribution is 0.174. The predicted octanol–water partition coefficient (Wildman–Crippen LogP) is 3.45. The molecule has 1 fully saturated rings. The van der Waals surface area contributed by atoms with Gasteiger partial charge in [-0.15, -0.1) is 0 Å². The number of nitrogens with zero attached hydrogens (tertiary/aromatic N) is 5. The molecule has 9 nitrogen and oxygen atoms in total. The lowest BCUT2D eigenvalue weighted by atomic mass is 10.1. The Morgan fingerprint density at radius 2 is 1.76 bits per heavy atom. The van der Waals surface area contributed by atoms with Gasteiger partial charge in [0, 0.05) is 44.3 Å². The fourth-order valence-electron chi connectivity index (χ4n) is 4.38. The van der Waals surface area contributed by atoms with Crippen molar-refractivity contribution in [2.45, 2.75) is 6.54 Å². The second-order valence-electron chi connectivity index (χ2n) is 8.30. The number of aromatic nitrogens is 3. The normalized spacial score (nSPS) is 15.6. The number of fused-ring (bicyclic) bond motifs is 2. The number of nitrogens with two attached hydrogens (primary N) is 1. The van der Waals surface area contributed by atoms with Gasteiger partial charge in [-0.2, -0.15) is 4.98 Å². The van der Waals surface area contributed by atoms with Crippen LogP contribution in [0.4, 0.5) is 11.5 Å². The zero-order chi connectivity index (χ0) is 22.9. The number of piperazine rings is 1. The molecule has 2 N–H and O–H groups in total. The van der Waals surface area contributed by atoms with Gasteiger partial charge < -0.3 is 24.8 Å². The molecule has 0 bridgehead atoms. The summed E-state index contributed by atoms with van der Waals surface area (Å²) < 4.78 is 17.0. The van der Waals surface area contributed by atoms with E-state index in [2.05, 4.69) is 36.9 Å². The average molecular weight is 457 g/mol. The molecule has 9 heteroatoms. The minimum atomic E-state index is 0.292. The minimum Gasteiger partial charge on any atom is -0.454 e. The number of para-hydroxylation sites is 1. The van der Waals surface area contributed by atoms with Crippen LogP contribution in [0, 0.1) is 0 Å². The maximum absolute atomic E-state index is 6.46. The van der Waals surface area contributed by atoms with Gasteiger partial charge in [-0.1, -0.05) is 24.3 Å². The fraction of sp³-hybridized carbons (Fsp3) is 0.240. The Balaban J connectivity index is 1.14. The molecule has 34 heavy (non-hydrogen) atoms. The standard InChI is InChI=1S/C25H24N6O3/c26-22-24(28-15-29-25(22)34-20-5-1-3-18-4-2-8-27-23(18)20)31-11-9-30(10-12-31)14-17-6-7-19-21(13-17)33-16-32-19/h1-8,13,15H,9-12,14,16,26H2. The molecule has 172 valence electrons. The van der Waals surface area contributed by atoms with Crippen molar-refractivity contribution in [1.29, 1.82) is 0 Å². The van der Waals surface area contributed by atoms with Gasteiger partial charge in [0.05, 0.1) is 0 Å². The highest BCUT2D eigenvalue weighted by molar-refractivity contribution is 5.84. The highest BCUT2D eigenvalue weighted by Crippen LogP contribution is 2.35. The Labute approximate surface area is 196 Å². The van der Waals surface area contributed by atoms with E-state index in [-0.39, 0.29) is 0 Å². The predicted molar refractivity (Wildman–Crippen MR) is 128 cm³/mol. The number of hydrogen-bond acceptors (Lipinski definition) is 9. The SMILES string of the molecule is Nc1c(Oc2cccc3cccnc23)ncnc1N1CCN(Cc2ccc3c(c2)OCO3)CC1. The van der Waals surface area contributed by atoms with Gasteiger partial charge in [0.2, 0.25) is 12.7 Å². The Bertz CT molecular complexity index is 1330. The van der Waals surface area contributed by atoms with Crippen molar-refractivity contribution in [3.63, 3.8) is 0 Å². The van der Waals surface area contributed by atoms with Gasteiger partial charge >= 0.3 is 0 Å². The third-order valence-electron chi connectivity index (χ3n) is 6.14. The summed E-state index contributed by atoms with van der Waals surface area (Å²) in [6.45, 7) is 4.54. The Hall–Kier alpha value is -4.11. The van der Waals surface area contributed by atoms with E-state index in [1.54, 1.807) is 6.20 Å². The monoisotopic (exact) mass is 456 g/mol. The van der Waals surface area contributed by atoms with Gasteiger partial charge in [-0.25, -0.2) is 4.98 Å². The fourth-order valence-corrected chi connectivity index (χ4v) is 4.38. The minimum absolute atomic E-state index is 0.292. The Morgan fingerprint density at radius 3 is 2.68 bits per heavy atom. The first kappa shape index (κ1) is 20.5. The zero-order valence-corrected chi connectivity index (χ0v) is 18.6. The van der Waals surface area contributed by atoms with Crippen molar-refractivity contribution < 1.29 is 14.2 Å². The summed E-state index contributed by atoms with van der Waals surface area (Å²) in [4.78, 5) is 17.8. The molecule has 2 aromatic carbocycles. The number of anilines is 2. The number of rotatable bonds is 5. The van der Waals surface area contributed by atoms with Crippen LogP contribution in [0.1, 0.15) is 5.56 Å². The third-order valence-corrected chi connectivity index (χ3v) is 6.14. The van der Waals surface area contributed by atoms with E-state index in [4.69, 9.17) is 19.9 Å². The van der Waals surface area contributed by atoms with Crippen LogP contribution < -0.4 is 24.8 Å². The summed E-state index contributed by atoms with van der Waals surface area (Å²) >= 11 is 0. The number of hydrogen-bond donors (Lipinski definition) is 1. The first-order valence-electron chi connectivity index (χ1n) is 11.2. The molecule has 0 unspecified atom stereocenters. The van der Waals surface area contributed by atoms with Crippen molar-refractivity contribution in [3.05, 3.63) is 66.6 Å². The maximum Gasteiger partial charge on any atom is 0.248 e. The van der Waals surface area contributed by atoms with Crippen LogP contribution in [0.3, 0.4) is 0 Å². The lowest BCUT2D eigenvalue weighted by Gasteiger charge is -2.35. The van der Waals surface area contributed by atoms with Crippen molar-refractivity contribution in [1.82, 2.24) is 19.9 Å². The van der Waals surface area contributed by atoms with Gasteiger partial charge in [0.25, 0.3) is 0 Å². The van der Waals surface area contributed by atoms with Gasteiger partial charge in [-0.05, 0) is 29.8 Å². The first-order valence-corrected chi connectivity index (χ1v) is 11.2. The molecule has 2 aromatic heterocycles. The van der Waals surface area contributed by atoms with E-state index in [0.717, 1.165) is 55.1 Å². The van der Waals surface area contributed by atoms with Crippen LogP contribution >= 0.6 is 0 Å². The lowest BCUT2D eigenvalue weighted by Crippen LogP contribution is -2.46. The highest BCUT2D eigenvalue weighted by Gasteiger charge is 2.23. The molecule has 0 saturated carbocycles. The molecule has 0 amide bonds. The molecule has 1 saturated heterocycles. The van der Waals surface area contributed by atoms with E-state index in [1.807, 2.05) is 36.4 Å². The number of nitrogen functional groups attached to an aromatic ring is 1. The second-order valence-corrected chi connectivity index (χ2v) is 8.30. The topological polar surface area (TPSA) is 98.9 Å². The molecular formula is C25H24N6O3. The zero-order valence-electron chi connectivity index (χ0n) is 18.6. The third kappa shape index (κ3) is 3.90. The van der Waals surface area contributed by atoms with E-state index < -0.39 is 0 Å². The van der Waals surface area contributed by atoms with Gasteiger partial charge in [0.15, 0.2) is 23.1 Å². The van der Waals surface area contributed by atoms with Crippen LogP contribution in [0.5, 0.6) is 23.1 Å². The van der Waals surface area contributed by atoms with Crippen molar-refractivity contribution >= 4 is 22.4 Å². The van der Waals surface area contributed by atoms with E-state index >= 15 is 0 Å². The highest BCUT2D eigenvalue weighted by atomic mass is 16.7. The van der Waals surface area contributed by atoms with Gasteiger partial charge in [-0.3, -0.25) is 9.88 Å². The molecule has 0 atom stereocenters. The summed E-state index contributed by atoms with van der Waals surface area (Å²) in [5.74, 6) is 3.28. The van der Waals surface area contributed by atoms with Crippen LogP contribution in [-0.4, -0.2) is 52.8 Å².